The van der Waals surface area contributed by atoms with Gasteiger partial charge in [-0.15, -0.1) is 0 Å². The quantitative estimate of drug-likeness (QED) is 0.499. The number of carboxylic acid groups (broad SMARTS) is 1. The van der Waals surface area contributed by atoms with Crippen molar-refractivity contribution >= 4 is 11.9 Å². The third-order valence-corrected chi connectivity index (χ3v) is 3.58. The number of hydrogen-bond donors (Lipinski definition) is 2. The van der Waals surface area contributed by atoms with Gasteiger partial charge in [0.05, 0.1) is 6.42 Å². The highest BCUT2D eigenvalue weighted by molar-refractivity contribution is 5.78. The molecule has 0 heterocycles. The summed E-state index contributed by atoms with van der Waals surface area (Å²) in [6, 6.07) is 0. The van der Waals surface area contributed by atoms with Gasteiger partial charge in [0.1, 0.15) is 0 Å². The molecule has 0 saturated heterocycles. The first-order chi connectivity index (χ1) is 9.87. The number of amides is 1. The molecule has 124 valence electrons. The van der Waals surface area contributed by atoms with Gasteiger partial charge in [-0.1, -0.05) is 58.3 Å². The molecule has 0 fully saturated rings. The van der Waals surface area contributed by atoms with Crippen LogP contribution in [0.15, 0.2) is 0 Å². The van der Waals surface area contributed by atoms with E-state index in [9.17, 15) is 9.59 Å². The fourth-order valence-corrected chi connectivity index (χ4v) is 2.46. The van der Waals surface area contributed by atoms with E-state index in [1.54, 1.807) is 13.8 Å². The summed E-state index contributed by atoms with van der Waals surface area (Å²) in [5.41, 5.74) is -0.664. The average Bonchev–Trinajstić information content (AvgIpc) is 2.34. The standard InChI is InChI=1S/C17H33NO3/c1-4-5-6-7-8-9-10-11-12-13-15(19)18-17(2,3)14-16(20)21/h4-14H2,1-3H3,(H,18,19)(H,20,21). The Bertz CT molecular complexity index is 300. The van der Waals surface area contributed by atoms with Crippen molar-refractivity contribution in [2.24, 2.45) is 0 Å². The molecule has 0 aliphatic rings. The molecule has 0 aromatic heterocycles. The van der Waals surface area contributed by atoms with Crippen molar-refractivity contribution in [1.82, 2.24) is 5.32 Å². The summed E-state index contributed by atoms with van der Waals surface area (Å²) in [5.74, 6) is -0.924. The lowest BCUT2D eigenvalue weighted by Gasteiger charge is -2.24. The molecular weight excluding hydrogens is 266 g/mol. The predicted molar refractivity (Wildman–Crippen MR) is 86.3 cm³/mol. The van der Waals surface area contributed by atoms with Gasteiger partial charge >= 0.3 is 5.97 Å². The lowest BCUT2D eigenvalue weighted by atomic mass is 10.00. The van der Waals surface area contributed by atoms with Gasteiger partial charge in [0.25, 0.3) is 0 Å². The largest absolute Gasteiger partial charge is 0.481 e. The van der Waals surface area contributed by atoms with Crippen molar-refractivity contribution in [1.29, 1.82) is 0 Å². The van der Waals surface area contributed by atoms with Crippen molar-refractivity contribution in [3.63, 3.8) is 0 Å². The van der Waals surface area contributed by atoms with E-state index in [1.165, 1.54) is 44.9 Å². The normalized spacial score (nSPS) is 11.4. The summed E-state index contributed by atoms with van der Waals surface area (Å²) in [7, 11) is 0. The lowest BCUT2D eigenvalue weighted by molar-refractivity contribution is -0.138. The van der Waals surface area contributed by atoms with E-state index < -0.39 is 11.5 Å². The Morgan fingerprint density at radius 1 is 0.905 bits per heavy atom. The van der Waals surface area contributed by atoms with Crippen molar-refractivity contribution in [3.05, 3.63) is 0 Å². The Kier molecular flexibility index (Phi) is 11.0. The summed E-state index contributed by atoms with van der Waals surface area (Å²) < 4.78 is 0. The number of aliphatic carboxylic acids is 1. The average molecular weight is 299 g/mol. The van der Waals surface area contributed by atoms with Crippen LogP contribution in [0.2, 0.25) is 0 Å². The molecule has 0 aromatic rings. The Balaban J connectivity index is 3.51. The zero-order valence-electron chi connectivity index (χ0n) is 14.0. The van der Waals surface area contributed by atoms with E-state index in [0.29, 0.717) is 6.42 Å². The molecule has 4 heteroatoms. The van der Waals surface area contributed by atoms with E-state index in [0.717, 1.165) is 12.8 Å². The van der Waals surface area contributed by atoms with Gasteiger partial charge < -0.3 is 10.4 Å². The van der Waals surface area contributed by atoms with Gasteiger partial charge in [-0.3, -0.25) is 9.59 Å². The maximum absolute atomic E-state index is 11.7. The van der Waals surface area contributed by atoms with Crippen molar-refractivity contribution in [2.45, 2.75) is 96.9 Å². The van der Waals surface area contributed by atoms with E-state index in [1.807, 2.05) is 0 Å². The van der Waals surface area contributed by atoms with Gasteiger partial charge in [-0.2, -0.15) is 0 Å². The van der Waals surface area contributed by atoms with Crippen LogP contribution in [-0.4, -0.2) is 22.5 Å². The van der Waals surface area contributed by atoms with Gasteiger partial charge in [-0.05, 0) is 20.3 Å². The first-order valence-electron chi connectivity index (χ1n) is 8.40. The predicted octanol–water partition coefficient (Wildman–Crippen LogP) is 4.28. The van der Waals surface area contributed by atoms with E-state index in [2.05, 4.69) is 12.2 Å². The number of hydrogen-bond acceptors (Lipinski definition) is 2. The van der Waals surface area contributed by atoms with Crippen LogP contribution in [0.4, 0.5) is 0 Å². The minimum atomic E-state index is -0.886. The molecule has 1 amide bonds. The van der Waals surface area contributed by atoms with Gasteiger partial charge in [-0.25, -0.2) is 0 Å². The minimum Gasteiger partial charge on any atom is -0.481 e. The topological polar surface area (TPSA) is 66.4 Å². The van der Waals surface area contributed by atoms with E-state index in [4.69, 9.17) is 5.11 Å². The molecule has 4 nitrogen and oxygen atoms in total. The number of unbranched alkanes of at least 4 members (excludes halogenated alkanes) is 8. The SMILES string of the molecule is CCCCCCCCCCCC(=O)NC(C)(C)CC(=O)O. The second-order valence-electron chi connectivity index (χ2n) is 6.58. The van der Waals surface area contributed by atoms with Gasteiger partial charge in [0, 0.05) is 12.0 Å². The monoisotopic (exact) mass is 299 g/mol. The summed E-state index contributed by atoms with van der Waals surface area (Å²) >= 11 is 0. The molecule has 0 radical (unpaired) electrons. The molecule has 0 spiro atoms. The molecule has 0 aliphatic heterocycles. The third-order valence-electron chi connectivity index (χ3n) is 3.58. The smallest absolute Gasteiger partial charge is 0.305 e. The molecule has 0 aromatic carbocycles. The van der Waals surface area contributed by atoms with Crippen LogP contribution in [-0.2, 0) is 9.59 Å². The van der Waals surface area contributed by atoms with E-state index in [-0.39, 0.29) is 12.3 Å². The Labute approximate surface area is 129 Å². The molecule has 0 bridgehead atoms. The van der Waals surface area contributed by atoms with Gasteiger partial charge in [0.15, 0.2) is 0 Å². The number of rotatable bonds is 13. The van der Waals surface area contributed by atoms with E-state index >= 15 is 0 Å². The maximum atomic E-state index is 11.7. The number of nitrogens with one attached hydrogen (secondary N) is 1. The molecule has 0 aliphatic carbocycles. The first kappa shape index (κ1) is 19.9. The van der Waals surface area contributed by atoms with Crippen LogP contribution in [0.3, 0.4) is 0 Å². The zero-order valence-corrected chi connectivity index (χ0v) is 14.0. The molecule has 2 N–H and O–H groups in total. The number of carbonyl (C=O) groups is 2. The summed E-state index contributed by atoms with van der Waals surface area (Å²) in [5, 5.41) is 11.6. The highest BCUT2D eigenvalue weighted by Gasteiger charge is 2.23. The maximum Gasteiger partial charge on any atom is 0.305 e. The molecule has 21 heavy (non-hydrogen) atoms. The second-order valence-corrected chi connectivity index (χ2v) is 6.58. The number of carbonyl (C=O) groups excluding carboxylic acids is 1. The fourth-order valence-electron chi connectivity index (χ4n) is 2.46. The van der Waals surface area contributed by atoms with Crippen LogP contribution in [0.25, 0.3) is 0 Å². The summed E-state index contributed by atoms with van der Waals surface area (Å²) in [6.07, 6.45) is 11.5. The Morgan fingerprint density at radius 2 is 1.38 bits per heavy atom. The summed E-state index contributed by atoms with van der Waals surface area (Å²) in [4.78, 5) is 22.4. The fraction of sp³-hybridized carbons (Fsp3) is 0.882. The zero-order chi connectivity index (χ0) is 16.1. The van der Waals surface area contributed by atoms with Crippen LogP contribution in [0.1, 0.15) is 91.4 Å². The van der Waals surface area contributed by atoms with Crippen molar-refractivity contribution < 1.29 is 14.7 Å². The highest BCUT2D eigenvalue weighted by Crippen LogP contribution is 2.12. The highest BCUT2D eigenvalue weighted by atomic mass is 16.4. The third kappa shape index (κ3) is 13.7. The number of carboxylic acids is 1. The van der Waals surface area contributed by atoms with Gasteiger partial charge in [0.2, 0.25) is 5.91 Å². The molecule has 0 atom stereocenters. The van der Waals surface area contributed by atoms with Crippen molar-refractivity contribution in [3.8, 4) is 0 Å². The minimum absolute atomic E-state index is 0.0378. The second kappa shape index (κ2) is 11.6. The molecular formula is C17H33NO3. The Hall–Kier alpha value is -1.06. The van der Waals surface area contributed by atoms with Crippen LogP contribution >= 0.6 is 0 Å². The van der Waals surface area contributed by atoms with Crippen LogP contribution in [0, 0.1) is 0 Å². The van der Waals surface area contributed by atoms with Crippen LogP contribution < -0.4 is 5.32 Å². The molecule has 0 rings (SSSR count). The van der Waals surface area contributed by atoms with Crippen LogP contribution in [0.5, 0.6) is 0 Å². The molecule has 0 saturated carbocycles. The van der Waals surface area contributed by atoms with Crippen molar-refractivity contribution in [2.75, 3.05) is 0 Å². The molecule has 0 unspecified atom stereocenters. The lowest BCUT2D eigenvalue weighted by Crippen LogP contribution is -2.44. The first-order valence-corrected chi connectivity index (χ1v) is 8.40. The summed E-state index contributed by atoms with van der Waals surface area (Å²) in [6.45, 7) is 5.72. The Morgan fingerprint density at radius 3 is 1.86 bits per heavy atom.